The second kappa shape index (κ2) is 3.86. The molecule has 8 heteroatoms. The Balaban J connectivity index is 2.19. The summed E-state index contributed by atoms with van der Waals surface area (Å²) >= 11 is 0. The Morgan fingerprint density at radius 2 is 1.61 bits per heavy atom. The van der Waals surface area contributed by atoms with Gasteiger partial charge in [-0.1, -0.05) is 12.2 Å². The van der Waals surface area contributed by atoms with E-state index in [2.05, 4.69) is 5.32 Å². The molecule has 2 N–H and O–H groups in total. The molecule has 0 saturated carbocycles. The van der Waals surface area contributed by atoms with Crippen LogP contribution in [0.5, 0.6) is 0 Å². The van der Waals surface area contributed by atoms with Crippen molar-refractivity contribution >= 4 is 0 Å². The van der Waals surface area contributed by atoms with Crippen LogP contribution in [-0.2, 0) is 0 Å². The SMILES string of the molecule is OC(CC1CC2C=CC1N2)(C(F)(F)F)C(F)(F)F. The third kappa shape index (κ3) is 2.01. The van der Waals surface area contributed by atoms with Gasteiger partial charge in [-0.3, -0.25) is 0 Å². The first kappa shape index (κ1) is 13.7. The van der Waals surface area contributed by atoms with Crippen molar-refractivity contribution in [3.05, 3.63) is 12.2 Å². The molecule has 0 aromatic heterocycles. The molecule has 2 rings (SSSR count). The molecule has 0 aromatic rings. The molecule has 104 valence electrons. The van der Waals surface area contributed by atoms with E-state index in [1.807, 2.05) is 0 Å². The normalized spacial score (nSPS) is 32.3. The Morgan fingerprint density at radius 3 is 1.94 bits per heavy atom. The third-order valence-corrected chi connectivity index (χ3v) is 3.52. The second-order valence-electron chi connectivity index (χ2n) is 4.74. The van der Waals surface area contributed by atoms with Gasteiger partial charge in [0, 0.05) is 12.1 Å². The number of alkyl halides is 6. The number of hydrogen-bond donors (Lipinski definition) is 2. The number of halogens is 6. The van der Waals surface area contributed by atoms with Crippen LogP contribution in [-0.4, -0.2) is 35.1 Å². The number of hydrogen-bond acceptors (Lipinski definition) is 2. The Labute approximate surface area is 98.7 Å². The van der Waals surface area contributed by atoms with E-state index in [1.54, 1.807) is 12.2 Å². The molecule has 0 aromatic carbocycles. The maximum atomic E-state index is 12.5. The van der Waals surface area contributed by atoms with Gasteiger partial charge in [0.1, 0.15) is 0 Å². The smallest absolute Gasteiger partial charge is 0.374 e. The molecule has 0 amide bonds. The zero-order valence-electron chi connectivity index (χ0n) is 9.02. The van der Waals surface area contributed by atoms with Gasteiger partial charge >= 0.3 is 12.4 Å². The van der Waals surface area contributed by atoms with Gasteiger partial charge in [-0.2, -0.15) is 26.3 Å². The Bertz CT molecular complexity index is 346. The highest BCUT2D eigenvalue weighted by atomic mass is 19.4. The number of fused-ring (bicyclic) bond motifs is 2. The van der Waals surface area contributed by atoms with Gasteiger partial charge in [0.05, 0.1) is 0 Å². The van der Waals surface area contributed by atoms with Crippen LogP contribution in [0.15, 0.2) is 12.2 Å². The zero-order chi connectivity index (χ0) is 13.8. The van der Waals surface area contributed by atoms with Crippen LogP contribution < -0.4 is 5.32 Å². The zero-order valence-corrected chi connectivity index (χ0v) is 9.02. The maximum absolute atomic E-state index is 12.5. The summed E-state index contributed by atoms with van der Waals surface area (Å²) in [6.07, 6.45) is -9.38. The summed E-state index contributed by atoms with van der Waals surface area (Å²) in [4.78, 5) is 0. The average Bonchev–Trinajstić information content (AvgIpc) is 2.75. The quantitative estimate of drug-likeness (QED) is 0.598. The van der Waals surface area contributed by atoms with Crippen molar-refractivity contribution in [2.45, 2.75) is 42.9 Å². The van der Waals surface area contributed by atoms with Gasteiger partial charge in [-0.05, 0) is 18.8 Å². The second-order valence-corrected chi connectivity index (χ2v) is 4.74. The molecule has 3 atom stereocenters. The van der Waals surface area contributed by atoms with Crippen molar-refractivity contribution in [1.82, 2.24) is 5.32 Å². The number of nitrogens with one attached hydrogen (secondary N) is 1. The molecular formula is C10H11F6NO. The Kier molecular flexibility index (Phi) is 2.93. The summed E-state index contributed by atoms with van der Waals surface area (Å²) in [7, 11) is 0. The lowest BCUT2D eigenvalue weighted by Gasteiger charge is -2.35. The molecule has 2 aliphatic heterocycles. The van der Waals surface area contributed by atoms with Crippen molar-refractivity contribution in [3.8, 4) is 0 Å². The lowest BCUT2D eigenvalue weighted by molar-refractivity contribution is -0.372. The fraction of sp³-hybridized carbons (Fsp3) is 0.800. The van der Waals surface area contributed by atoms with Gasteiger partial charge < -0.3 is 10.4 Å². The van der Waals surface area contributed by atoms with Gasteiger partial charge in [0.25, 0.3) is 5.60 Å². The van der Waals surface area contributed by atoms with Crippen molar-refractivity contribution in [1.29, 1.82) is 0 Å². The number of rotatable bonds is 2. The highest BCUT2D eigenvalue weighted by molar-refractivity contribution is 5.18. The van der Waals surface area contributed by atoms with E-state index in [9.17, 15) is 26.3 Å². The first-order valence-corrected chi connectivity index (χ1v) is 5.35. The summed E-state index contributed by atoms with van der Waals surface area (Å²) in [6.45, 7) is 0. The van der Waals surface area contributed by atoms with Gasteiger partial charge in [0.15, 0.2) is 0 Å². The minimum atomic E-state index is -5.73. The minimum absolute atomic E-state index is 0.176. The molecule has 2 aliphatic rings. The summed E-state index contributed by atoms with van der Waals surface area (Å²) in [6, 6.07) is -0.711. The molecule has 18 heavy (non-hydrogen) atoms. The van der Waals surface area contributed by atoms with Crippen LogP contribution in [0.2, 0.25) is 0 Å². The van der Waals surface area contributed by atoms with E-state index in [0.717, 1.165) is 0 Å². The number of aliphatic hydroxyl groups is 1. The lowest BCUT2D eigenvalue weighted by Crippen LogP contribution is -2.58. The molecule has 2 bridgehead atoms. The topological polar surface area (TPSA) is 32.3 Å². The molecule has 2 heterocycles. The first-order chi connectivity index (χ1) is 8.04. The predicted octanol–water partition coefficient (Wildman–Crippen LogP) is 2.15. The monoisotopic (exact) mass is 275 g/mol. The standard InChI is InChI=1S/C10H11F6NO/c11-9(12,13)8(18,10(14,15)16)4-5-3-6-1-2-7(5)17-6/h1-2,5-7,17-18H,3-4H2. The van der Waals surface area contributed by atoms with Crippen LogP contribution >= 0.6 is 0 Å². The van der Waals surface area contributed by atoms with Crippen LogP contribution in [0.1, 0.15) is 12.8 Å². The lowest BCUT2D eigenvalue weighted by atomic mass is 9.82. The Hall–Kier alpha value is -0.760. The van der Waals surface area contributed by atoms with Crippen molar-refractivity contribution in [2.75, 3.05) is 0 Å². The summed E-state index contributed by atoms with van der Waals surface area (Å²) in [5, 5.41) is 11.9. The summed E-state index contributed by atoms with van der Waals surface area (Å²) in [5.41, 5.74) is -4.63. The van der Waals surface area contributed by atoms with Crippen molar-refractivity contribution in [2.24, 2.45) is 5.92 Å². The molecular weight excluding hydrogens is 264 g/mol. The highest BCUT2D eigenvalue weighted by Gasteiger charge is 2.71. The molecule has 1 saturated heterocycles. The molecule has 0 spiro atoms. The van der Waals surface area contributed by atoms with Gasteiger partial charge in [-0.25, -0.2) is 0 Å². The fourth-order valence-electron chi connectivity index (χ4n) is 2.51. The summed E-state index contributed by atoms with van der Waals surface area (Å²) < 4.78 is 74.9. The van der Waals surface area contributed by atoms with Crippen LogP contribution in [0.4, 0.5) is 26.3 Å². The minimum Gasteiger partial charge on any atom is -0.374 e. The molecule has 0 aliphatic carbocycles. The van der Waals surface area contributed by atoms with Crippen LogP contribution in [0.3, 0.4) is 0 Å². The van der Waals surface area contributed by atoms with Crippen molar-refractivity contribution < 1.29 is 31.4 Å². The highest BCUT2D eigenvalue weighted by Crippen LogP contribution is 2.48. The maximum Gasteiger partial charge on any atom is 0.426 e. The van der Waals surface area contributed by atoms with E-state index in [-0.39, 0.29) is 12.5 Å². The van der Waals surface area contributed by atoms with Crippen LogP contribution in [0, 0.1) is 5.92 Å². The van der Waals surface area contributed by atoms with E-state index in [4.69, 9.17) is 5.11 Å². The fourth-order valence-corrected chi connectivity index (χ4v) is 2.51. The van der Waals surface area contributed by atoms with E-state index in [0.29, 0.717) is 0 Å². The van der Waals surface area contributed by atoms with E-state index >= 15 is 0 Å². The van der Waals surface area contributed by atoms with Gasteiger partial charge in [0.2, 0.25) is 0 Å². The molecule has 1 fully saturated rings. The van der Waals surface area contributed by atoms with E-state index in [1.165, 1.54) is 0 Å². The summed E-state index contributed by atoms with van der Waals surface area (Å²) in [5.74, 6) is -0.867. The largest absolute Gasteiger partial charge is 0.426 e. The third-order valence-electron chi connectivity index (χ3n) is 3.52. The van der Waals surface area contributed by atoms with Crippen molar-refractivity contribution in [3.63, 3.8) is 0 Å². The molecule has 2 nitrogen and oxygen atoms in total. The Morgan fingerprint density at radius 1 is 1.06 bits per heavy atom. The first-order valence-electron chi connectivity index (χ1n) is 5.35. The average molecular weight is 275 g/mol. The predicted molar refractivity (Wildman–Crippen MR) is 49.6 cm³/mol. The molecule has 0 radical (unpaired) electrons. The van der Waals surface area contributed by atoms with E-state index < -0.39 is 36.3 Å². The van der Waals surface area contributed by atoms with Crippen LogP contribution in [0.25, 0.3) is 0 Å². The van der Waals surface area contributed by atoms with Gasteiger partial charge in [-0.15, -0.1) is 0 Å². The molecule has 3 unspecified atom stereocenters.